The Morgan fingerprint density at radius 3 is 2.42 bits per heavy atom. The summed E-state index contributed by atoms with van der Waals surface area (Å²) in [5.74, 6) is 0. The van der Waals surface area contributed by atoms with E-state index in [1.54, 1.807) is 0 Å². The number of rotatable bonds is 5. The maximum atomic E-state index is 3.84. The van der Waals surface area contributed by atoms with Gasteiger partial charge in [0.05, 0.1) is 0 Å². The Morgan fingerprint density at radius 1 is 1.26 bits per heavy atom. The van der Waals surface area contributed by atoms with Crippen molar-refractivity contribution in [2.75, 3.05) is 13.6 Å². The number of hydrogen-bond acceptors (Lipinski definition) is 1. The van der Waals surface area contributed by atoms with Crippen LogP contribution in [0.3, 0.4) is 0 Å². The monoisotopic (exact) mass is 275 g/mol. The average Bonchev–Trinajstić information content (AvgIpc) is 2.34. The molecule has 0 radical (unpaired) electrons. The molecular weight excluding hydrogens is 246 g/mol. The Hall–Kier alpha value is -0.863. The van der Waals surface area contributed by atoms with Crippen molar-refractivity contribution in [1.82, 2.24) is 4.57 Å². The van der Waals surface area contributed by atoms with E-state index in [9.17, 15) is 0 Å². The zero-order valence-corrected chi connectivity index (χ0v) is 14.5. The highest BCUT2D eigenvalue weighted by Crippen LogP contribution is 2.37. The second-order valence-electron chi connectivity index (χ2n) is 6.93. The van der Waals surface area contributed by atoms with Crippen LogP contribution in [0.15, 0.2) is 30.8 Å². The molecule has 19 heavy (non-hydrogen) atoms. The summed E-state index contributed by atoms with van der Waals surface area (Å²) >= 11 is 0. The van der Waals surface area contributed by atoms with Crippen molar-refractivity contribution in [3.05, 3.63) is 42.0 Å². The first-order chi connectivity index (χ1) is 8.68. The second-order valence-corrected chi connectivity index (χ2v) is 12.3. The molecule has 0 aliphatic carbocycles. The Labute approximate surface area is 120 Å². The van der Waals surface area contributed by atoms with Crippen molar-refractivity contribution in [2.24, 2.45) is 0 Å². The molecule has 0 unspecified atom stereocenters. The van der Waals surface area contributed by atoms with Gasteiger partial charge in [-0.25, -0.2) is 0 Å². The molecule has 0 atom stereocenters. The van der Waals surface area contributed by atoms with Crippen LogP contribution in [-0.4, -0.2) is 26.4 Å². The molecule has 1 aromatic carbocycles. The summed E-state index contributed by atoms with van der Waals surface area (Å²) in [7, 11) is 0.916. The van der Waals surface area contributed by atoms with Crippen LogP contribution in [0.5, 0.6) is 0 Å². The Bertz CT molecular complexity index is 429. The van der Waals surface area contributed by atoms with Crippen molar-refractivity contribution in [2.45, 2.75) is 45.3 Å². The lowest BCUT2D eigenvalue weighted by molar-refractivity contribution is 0.472. The smallest absolute Gasteiger partial charge is 0.127 e. The van der Waals surface area contributed by atoms with E-state index in [0.29, 0.717) is 5.04 Å². The molecule has 0 spiro atoms. The van der Waals surface area contributed by atoms with Gasteiger partial charge in [-0.1, -0.05) is 70.8 Å². The molecule has 0 saturated heterocycles. The van der Waals surface area contributed by atoms with E-state index < -0.39 is 8.24 Å². The summed E-state index contributed by atoms with van der Waals surface area (Å²) in [5, 5.41) is 0.407. The fourth-order valence-corrected chi connectivity index (χ4v) is 3.84. The van der Waals surface area contributed by atoms with Gasteiger partial charge in [0, 0.05) is 0 Å². The summed E-state index contributed by atoms with van der Waals surface area (Å²) in [4.78, 5) is 0. The van der Waals surface area contributed by atoms with Crippen LogP contribution in [0.1, 0.15) is 31.9 Å². The third-order valence-corrected chi connectivity index (χ3v) is 10.5. The van der Waals surface area contributed by atoms with Gasteiger partial charge < -0.3 is 4.57 Å². The molecule has 0 aromatic heterocycles. The van der Waals surface area contributed by atoms with Gasteiger partial charge in [-0.15, -0.1) is 0 Å². The molecule has 0 N–H and O–H groups in total. The SMILES string of the molecule is C=Cc1cccc(CCN(C)[Si](C)(C)C(C)(C)C)c1. The van der Waals surface area contributed by atoms with Gasteiger partial charge in [-0.2, -0.15) is 0 Å². The molecule has 0 fully saturated rings. The van der Waals surface area contributed by atoms with Gasteiger partial charge in [-0.05, 0) is 36.2 Å². The highest BCUT2D eigenvalue weighted by atomic mass is 28.3. The predicted molar refractivity (Wildman–Crippen MR) is 90.1 cm³/mol. The third kappa shape index (κ3) is 4.05. The Kier molecular flexibility index (Phi) is 5.16. The molecule has 0 amide bonds. The number of nitrogens with zero attached hydrogens (tertiary/aromatic N) is 1. The van der Waals surface area contributed by atoms with Gasteiger partial charge in [0.2, 0.25) is 0 Å². The maximum absolute atomic E-state index is 3.84. The minimum Gasteiger partial charge on any atom is -0.326 e. The van der Waals surface area contributed by atoms with Gasteiger partial charge in [0.15, 0.2) is 0 Å². The van der Waals surface area contributed by atoms with Gasteiger partial charge >= 0.3 is 0 Å². The normalized spacial score (nSPS) is 12.8. The van der Waals surface area contributed by atoms with Crippen LogP contribution in [0.2, 0.25) is 18.1 Å². The molecule has 106 valence electrons. The zero-order valence-electron chi connectivity index (χ0n) is 13.5. The third-order valence-electron chi connectivity index (χ3n) is 4.71. The topological polar surface area (TPSA) is 3.24 Å². The fraction of sp³-hybridized carbons (Fsp3) is 0.529. The lowest BCUT2D eigenvalue weighted by Crippen LogP contribution is -2.53. The van der Waals surface area contributed by atoms with Crippen LogP contribution < -0.4 is 0 Å². The molecule has 0 heterocycles. The fourth-order valence-electron chi connectivity index (χ4n) is 2.02. The van der Waals surface area contributed by atoms with Gasteiger partial charge in [-0.3, -0.25) is 0 Å². The molecule has 1 rings (SSSR count). The van der Waals surface area contributed by atoms with Crippen molar-refractivity contribution in [1.29, 1.82) is 0 Å². The first-order valence-electron chi connectivity index (χ1n) is 7.11. The van der Waals surface area contributed by atoms with Crippen LogP contribution in [0, 0.1) is 0 Å². The largest absolute Gasteiger partial charge is 0.326 e. The summed E-state index contributed by atoms with van der Waals surface area (Å²) in [5.41, 5.74) is 2.62. The van der Waals surface area contributed by atoms with E-state index in [2.05, 4.69) is 76.3 Å². The van der Waals surface area contributed by atoms with Crippen molar-refractivity contribution < 1.29 is 0 Å². The van der Waals surface area contributed by atoms with E-state index in [1.165, 1.54) is 11.1 Å². The van der Waals surface area contributed by atoms with Crippen LogP contribution in [0.25, 0.3) is 6.08 Å². The summed E-state index contributed by atoms with van der Waals surface area (Å²) < 4.78 is 2.60. The van der Waals surface area contributed by atoms with Crippen molar-refractivity contribution >= 4 is 14.3 Å². The molecule has 2 heteroatoms. The standard InChI is InChI=1S/C17H29NSi/c1-8-15-10-9-11-16(14-15)12-13-18(5)19(6,7)17(2,3)4/h8-11,14H,1,12-13H2,2-7H3. The molecular formula is C17H29NSi. The zero-order chi connectivity index (χ0) is 14.7. The molecule has 1 aromatic rings. The van der Waals surface area contributed by atoms with E-state index >= 15 is 0 Å². The predicted octanol–water partition coefficient (Wildman–Crippen LogP) is 4.81. The quantitative estimate of drug-likeness (QED) is 0.697. The van der Waals surface area contributed by atoms with Crippen molar-refractivity contribution in [3.63, 3.8) is 0 Å². The summed E-state index contributed by atoms with van der Waals surface area (Å²) in [6.07, 6.45) is 3.03. The lowest BCUT2D eigenvalue weighted by Gasteiger charge is -2.44. The molecule has 0 aliphatic heterocycles. The first-order valence-corrected chi connectivity index (χ1v) is 10.1. The number of hydrogen-bond donors (Lipinski definition) is 0. The van der Waals surface area contributed by atoms with Crippen LogP contribution >= 0.6 is 0 Å². The Morgan fingerprint density at radius 2 is 1.89 bits per heavy atom. The first kappa shape index (κ1) is 16.2. The lowest BCUT2D eigenvalue weighted by atomic mass is 10.1. The van der Waals surface area contributed by atoms with E-state index in [4.69, 9.17) is 0 Å². The highest BCUT2D eigenvalue weighted by Gasteiger charge is 2.38. The molecule has 0 aliphatic rings. The second kappa shape index (κ2) is 6.06. The van der Waals surface area contributed by atoms with Gasteiger partial charge in [0.1, 0.15) is 8.24 Å². The van der Waals surface area contributed by atoms with Gasteiger partial charge in [0.25, 0.3) is 0 Å². The van der Waals surface area contributed by atoms with Crippen molar-refractivity contribution in [3.8, 4) is 0 Å². The van der Waals surface area contributed by atoms with E-state index in [-0.39, 0.29) is 0 Å². The van der Waals surface area contributed by atoms with E-state index in [0.717, 1.165) is 13.0 Å². The minimum absolute atomic E-state index is 0.407. The van der Waals surface area contributed by atoms with Crippen LogP contribution in [-0.2, 0) is 6.42 Å². The average molecular weight is 276 g/mol. The number of likely N-dealkylation sites (N-methyl/N-ethyl adjacent to an activating group) is 1. The molecule has 0 saturated carbocycles. The Balaban J connectivity index is 2.68. The summed E-state index contributed by atoms with van der Waals surface area (Å²) in [6.45, 7) is 17.0. The number of benzene rings is 1. The molecule has 0 bridgehead atoms. The van der Waals surface area contributed by atoms with Crippen LogP contribution in [0.4, 0.5) is 0 Å². The highest BCUT2D eigenvalue weighted by molar-refractivity contribution is 6.77. The molecule has 1 nitrogen and oxygen atoms in total. The van der Waals surface area contributed by atoms with E-state index in [1.807, 2.05) is 6.08 Å². The maximum Gasteiger partial charge on any atom is 0.127 e. The summed E-state index contributed by atoms with van der Waals surface area (Å²) in [6, 6.07) is 8.69. The minimum atomic E-state index is -1.37.